The Balaban J connectivity index is 1.87. The predicted octanol–water partition coefficient (Wildman–Crippen LogP) is 0.881. The molecule has 5 nitrogen and oxygen atoms in total. The smallest absolute Gasteiger partial charge is 0.239 e. The average Bonchev–Trinajstić information content (AvgIpc) is 2.49. The van der Waals surface area contributed by atoms with E-state index in [1.165, 1.54) is 0 Å². The molecule has 4 N–H and O–H groups in total. The molecule has 1 aliphatic heterocycles. The van der Waals surface area contributed by atoms with Gasteiger partial charge in [-0.05, 0) is 49.8 Å². The van der Waals surface area contributed by atoms with Crippen molar-refractivity contribution in [2.24, 2.45) is 11.7 Å². The van der Waals surface area contributed by atoms with E-state index in [4.69, 9.17) is 5.73 Å². The molecule has 1 aromatic rings. The molecule has 1 fully saturated rings. The van der Waals surface area contributed by atoms with E-state index in [1.54, 1.807) is 36.1 Å². The van der Waals surface area contributed by atoms with E-state index in [9.17, 15) is 15.0 Å². The van der Waals surface area contributed by atoms with E-state index in [0.29, 0.717) is 19.5 Å². The number of phenolic OH excluding ortho intramolecular Hbond substituents is 1. The van der Waals surface area contributed by atoms with Crippen LogP contribution >= 0.6 is 0 Å². The van der Waals surface area contributed by atoms with Crippen LogP contribution in [-0.2, 0) is 11.2 Å². The van der Waals surface area contributed by atoms with Crippen molar-refractivity contribution < 1.29 is 15.0 Å². The number of aromatic hydroxyl groups is 1. The van der Waals surface area contributed by atoms with Gasteiger partial charge in [0.05, 0.1) is 12.1 Å². The van der Waals surface area contributed by atoms with Crippen LogP contribution in [0.3, 0.4) is 0 Å². The number of likely N-dealkylation sites (tertiary alicyclic amines) is 1. The highest BCUT2D eigenvalue weighted by molar-refractivity contribution is 5.82. The first-order valence-electron chi connectivity index (χ1n) is 7.47. The zero-order valence-corrected chi connectivity index (χ0v) is 12.4. The molecule has 1 unspecified atom stereocenters. The summed E-state index contributed by atoms with van der Waals surface area (Å²) in [4.78, 5) is 14.1. The standard InChI is InChI=1S/C16H24N2O3/c1-11(19)13-6-8-18(9-7-13)16(21)15(17)10-12-2-4-14(20)5-3-12/h2-5,11,13,15,19-20H,6-10,17H2,1H3/t11?,15-/m1/s1. The largest absolute Gasteiger partial charge is 0.508 e. The number of phenols is 1. The molecule has 0 spiro atoms. The van der Waals surface area contributed by atoms with Gasteiger partial charge in [0.15, 0.2) is 0 Å². The molecule has 2 rings (SSSR count). The normalized spacial score (nSPS) is 19.3. The summed E-state index contributed by atoms with van der Waals surface area (Å²) in [5.41, 5.74) is 6.95. The molecule has 0 aromatic heterocycles. The molecule has 5 heteroatoms. The molecule has 1 aromatic carbocycles. The van der Waals surface area contributed by atoms with Crippen molar-refractivity contribution in [1.29, 1.82) is 0 Å². The molecule has 116 valence electrons. The van der Waals surface area contributed by atoms with Crippen molar-refractivity contribution in [2.75, 3.05) is 13.1 Å². The van der Waals surface area contributed by atoms with Crippen LogP contribution in [0.1, 0.15) is 25.3 Å². The van der Waals surface area contributed by atoms with Crippen LogP contribution in [0.15, 0.2) is 24.3 Å². The van der Waals surface area contributed by atoms with Crippen LogP contribution in [0.4, 0.5) is 0 Å². The van der Waals surface area contributed by atoms with E-state index < -0.39 is 6.04 Å². The van der Waals surface area contributed by atoms with E-state index in [1.807, 2.05) is 0 Å². The number of aliphatic hydroxyl groups is 1. The minimum atomic E-state index is -0.558. The molecular weight excluding hydrogens is 268 g/mol. The van der Waals surface area contributed by atoms with Crippen LogP contribution < -0.4 is 5.73 Å². The van der Waals surface area contributed by atoms with Gasteiger partial charge in [0.2, 0.25) is 5.91 Å². The zero-order chi connectivity index (χ0) is 15.4. The molecule has 1 heterocycles. The van der Waals surface area contributed by atoms with Gasteiger partial charge in [-0.1, -0.05) is 12.1 Å². The fourth-order valence-electron chi connectivity index (χ4n) is 2.81. The monoisotopic (exact) mass is 292 g/mol. The Morgan fingerprint density at radius 2 is 1.90 bits per heavy atom. The number of nitrogens with zero attached hydrogens (tertiary/aromatic N) is 1. The lowest BCUT2D eigenvalue weighted by Gasteiger charge is -2.34. The third-order valence-corrected chi connectivity index (χ3v) is 4.24. The van der Waals surface area contributed by atoms with Crippen molar-refractivity contribution in [2.45, 2.75) is 38.3 Å². The fraction of sp³-hybridized carbons (Fsp3) is 0.562. The molecule has 1 aliphatic rings. The molecule has 2 atom stereocenters. The van der Waals surface area contributed by atoms with Crippen LogP contribution in [0.2, 0.25) is 0 Å². The van der Waals surface area contributed by atoms with Crippen molar-refractivity contribution in [3.63, 3.8) is 0 Å². The average molecular weight is 292 g/mol. The second-order valence-electron chi connectivity index (χ2n) is 5.88. The summed E-state index contributed by atoms with van der Waals surface area (Å²) in [6.07, 6.45) is 1.81. The molecule has 21 heavy (non-hydrogen) atoms. The van der Waals surface area contributed by atoms with Crippen molar-refractivity contribution in [3.05, 3.63) is 29.8 Å². The van der Waals surface area contributed by atoms with Crippen molar-refractivity contribution in [3.8, 4) is 5.75 Å². The maximum absolute atomic E-state index is 12.3. The Kier molecular flexibility index (Phi) is 5.20. The minimum Gasteiger partial charge on any atom is -0.508 e. The first kappa shape index (κ1) is 15.8. The number of amides is 1. The molecule has 1 amide bonds. The van der Waals surface area contributed by atoms with Crippen LogP contribution in [-0.4, -0.2) is 46.3 Å². The number of piperidine rings is 1. The summed E-state index contributed by atoms with van der Waals surface area (Å²) >= 11 is 0. The fourth-order valence-corrected chi connectivity index (χ4v) is 2.81. The number of carbonyl (C=O) groups excluding carboxylic acids is 1. The Morgan fingerprint density at radius 1 is 1.33 bits per heavy atom. The van der Waals surface area contributed by atoms with Crippen molar-refractivity contribution >= 4 is 5.91 Å². The second-order valence-corrected chi connectivity index (χ2v) is 5.88. The van der Waals surface area contributed by atoms with Gasteiger partial charge >= 0.3 is 0 Å². The van der Waals surface area contributed by atoms with Gasteiger partial charge in [-0.25, -0.2) is 0 Å². The number of nitrogens with two attached hydrogens (primary N) is 1. The third kappa shape index (κ3) is 4.19. The number of carbonyl (C=O) groups is 1. The lowest BCUT2D eigenvalue weighted by molar-refractivity contribution is -0.134. The Labute approximate surface area is 125 Å². The molecule has 0 bridgehead atoms. The molecular formula is C16H24N2O3. The maximum atomic E-state index is 12.3. The number of benzene rings is 1. The first-order chi connectivity index (χ1) is 9.97. The molecule has 0 radical (unpaired) electrons. The van der Waals surface area contributed by atoms with Gasteiger partial charge in [0, 0.05) is 13.1 Å². The van der Waals surface area contributed by atoms with E-state index in [0.717, 1.165) is 18.4 Å². The van der Waals surface area contributed by atoms with Gasteiger partial charge in [-0.2, -0.15) is 0 Å². The lowest BCUT2D eigenvalue weighted by atomic mass is 9.91. The summed E-state index contributed by atoms with van der Waals surface area (Å²) < 4.78 is 0. The number of aliphatic hydroxyl groups excluding tert-OH is 1. The predicted molar refractivity (Wildman–Crippen MR) is 80.8 cm³/mol. The third-order valence-electron chi connectivity index (χ3n) is 4.24. The summed E-state index contributed by atoms with van der Waals surface area (Å²) in [5, 5.41) is 18.8. The Morgan fingerprint density at radius 3 is 2.43 bits per heavy atom. The van der Waals surface area contributed by atoms with Crippen LogP contribution in [0, 0.1) is 5.92 Å². The van der Waals surface area contributed by atoms with Gasteiger partial charge in [-0.3, -0.25) is 4.79 Å². The minimum absolute atomic E-state index is 0.0351. The van der Waals surface area contributed by atoms with Gasteiger partial charge < -0.3 is 20.8 Å². The topological polar surface area (TPSA) is 86.8 Å². The highest BCUT2D eigenvalue weighted by atomic mass is 16.3. The zero-order valence-electron chi connectivity index (χ0n) is 12.4. The first-order valence-corrected chi connectivity index (χ1v) is 7.47. The summed E-state index contributed by atoms with van der Waals surface area (Å²) in [5.74, 6) is 0.452. The Bertz CT molecular complexity index is 465. The van der Waals surface area contributed by atoms with E-state index in [-0.39, 0.29) is 23.7 Å². The summed E-state index contributed by atoms with van der Waals surface area (Å²) in [6, 6.07) is 6.20. The summed E-state index contributed by atoms with van der Waals surface area (Å²) in [6.45, 7) is 3.13. The molecule has 0 aliphatic carbocycles. The number of hydrogen-bond acceptors (Lipinski definition) is 4. The quantitative estimate of drug-likeness (QED) is 0.769. The summed E-state index contributed by atoms with van der Waals surface area (Å²) in [7, 11) is 0. The number of hydrogen-bond donors (Lipinski definition) is 3. The van der Waals surface area contributed by atoms with E-state index in [2.05, 4.69) is 0 Å². The number of rotatable bonds is 4. The van der Waals surface area contributed by atoms with Crippen LogP contribution in [0.25, 0.3) is 0 Å². The van der Waals surface area contributed by atoms with Gasteiger partial charge in [-0.15, -0.1) is 0 Å². The van der Waals surface area contributed by atoms with Crippen LogP contribution in [0.5, 0.6) is 5.75 Å². The highest BCUT2D eigenvalue weighted by Gasteiger charge is 2.28. The van der Waals surface area contributed by atoms with Gasteiger partial charge in [0.25, 0.3) is 0 Å². The SMILES string of the molecule is CC(O)C1CCN(C(=O)[C@H](N)Cc2ccc(O)cc2)CC1. The van der Waals surface area contributed by atoms with E-state index >= 15 is 0 Å². The van der Waals surface area contributed by atoms with Gasteiger partial charge in [0.1, 0.15) is 5.75 Å². The lowest BCUT2D eigenvalue weighted by Crippen LogP contribution is -2.48. The second kappa shape index (κ2) is 6.91. The Hall–Kier alpha value is -1.59. The highest BCUT2D eigenvalue weighted by Crippen LogP contribution is 2.21. The molecule has 1 saturated heterocycles. The molecule has 0 saturated carbocycles. The maximum Gasteiger partial charge on any atom is 0.239 e. The van der Waals surface area contributed by atoms with Crippen molar-refractivity contribution in [1.82, 2.24) is 4.90 Å².